The van der Waals surface area contributed by atoms with Crippen molar-refractivity contribution in [2.75, 3.05) is 13.7 Å². The molecule has 5 rings (SSSR count). The minimum absolute atomic E-state index is 0.143. The van der Waals surface area contributed by atoms with Gasteiger partial charge in [-0.2, -0.15) is 0 Å². The van der Waals surface area contributed by atoms with Crippen LogP contribution in [0.3, 0.4) is 0 Å². The van der Waals surface area contributed by atoms with E-state index in [-0.39, 0.29) is 16.6 Å². The average Bonchev–Trinajstić information content (AvgIpc) is 2.83. The van der Waals surface area contributed by atoms with E-state index in [1.165, 1.54) is 23.5 Å². The van der Waals surface area contributed by atoms with Crippen molar-refractivity contribution in [3.63, 3.8) is 0 Å². The highest BCUT2D eigenvalue weighted by molar-refractivity contribution is 5.88. The molecule has 0 aliphatic heterocycles. The van der Waals surface area contributed by atoms with E-state index < -0.39 is 0 Å². The van der Waals surface area contributed by atoms with Gasteiger partial charge in [-0.3, -0.25) is 4.79 Å². The summed E-state index contributed by atoms with van der Waals surface area (Å²) in [4.78, 5) is 13.0. The zero-order valence-electron chi connectivity index (χ0n) is 17.8. The number of benzene rings is 3. The van der Waals surface area contributed by atoms with Crippen molar-refractivity contribution in [2.45, 2.75) is 19.3 Å². The molecule has 0 spiro atoms. The van der Waals surface area contributed by atoms with E-state index in [2.05, 4.69) is 24.3 Å². The van der Waals surface area contributed by atoms with Crippen LogP contribution >= 0.6 is 0 Å². The Morgan fingerprint density at radius 1 is 1.03 bits per heavy atom. The molecule has 0 saturated heterocycles. The van der Waals surface area contributed by atoms with Crippen LogP contribution in [0.2, 0.25) is 0 Å². The fraction of sp³-hybridized carbons (Fsp3) is 0.222. The van der Waals surface area contributed by atoms with Crippen LogP contribution in [-0.4, -0.2) is 18.8 Å². The van der Waals surface area contributed by atoms with E-state index >= 15 is 0 Å². The van der Waals surface area contributed by atoms with E-state index in [1.807, 2.05) is 0 Å². The zero-order chi connectivity index (χ0) is 22.1. The molecule has 0 fully saturated rings. The lowest BCUT2D eigenvalue weighted by molar-refractivity contribution is 0.233. The van der Waals surface area contributed by atoms with Gasteiger partial charge in [0.15, 0.2) is 0 Å². The molecule has 1 heterocycles. The summed E-state index contributed by atoms with van der Waals surface area (Å²) in [6.45, 7) is 0.549. The van der Waals surface area contributed by atoms with Crippen LogP contribution in [0.15, 0.2) is 76.1 Å². The maximum absolute atomic E-state index is 13.0. The number of phenols is 1. The number of hydrogen-bond acceptors (Lipinski definition) is 5. The molecule has 1 unspecified atom stereocenters. The van der Waals surface area contributed by atoms with Crippen LogP contribution < -0.4 is 14.9 Å². The molecule has 5 heteroatoms. The topological polar surface area (TPSA) is 68.9 Å². The number of rotatable bonds is 5. The molecular weight excluding hydrogens is 404 g/mol. The maximum atomic E-state index is 13.0. The normalized spacial score (nSPS) is 15.3. The summed E-state index contributed by atoms with van der Waals surface area (Å²) in [5, 5.41) is 10.7. The van der Waals surface area contributed by atoms with Gasteiger partial charge in [-0.15, -0.1) is 0 Å². The van der Waals surface area contributed by atoms with Crippen molar-refractivity contribution in [2.24, 2.45) is 5.92 Å². The summed E-state index contributed by atoms with van der Waals surface area (Å²) in [6.07, 6.45) is 4.52. The second-order valence-corrected chi connectivity index (χ2v) is 8.21. The Morgan fingerprint density at radius 2 is 1.81 bits per heavy atom. The van der Waals surface area contributed by atoms with Crippen molar-refractivity contribution in [3.05, 3.63) is 88.3 Å². The minimum Gasteiger partial charge on any atom is -0.507 e. The Morgan fingerprint density at radius 3 is 2.59 bits per heavy atom. The molecule has 0 bridgehead atoms. The van der Waals surface area contributed by atoms with Crippen molar-refractivity contribution < 1.29 is 19.0 Å². The first-order chi connectivity index (χ1) is 15.6. The molecule has 1 aromatic heterocycles. The lowest BCUT2D eigenvalue weighted by Gasteiger charge is -2.24. The highest BCUT2D eigenvalue weighted by Gasteiger charge is 2.20. The summed E-state index contributed by atoms with van der Waals surface area (Å²) in [7, 11) is 1.59. The van der Waals surface area contributed by atoms with Crippen LogP contribution in [-0.2, 0) is 12.8 Å². The lowest BCUT2D eigenvalue weighted by Crippen LogP contribution is -2.20. The van der Waals surface area contributed by atoms with Gasteiger partial charge in [-0.25, -0.2) is 0 Å². The molecule has 162 valence electrons. The summed E-state index contributed by atoms with van der Waals surface area (Å²) in [5.41, 5.74) is 3.89. The maximum Gasteiger partial charge on any atom is 0.204 e. The molecule has 0 amide bonds. The zero-order valence-corrected chi connectivity index (χ0v) is 17.8. The number of hydrogen-bond donors (Lipinski definition) is 1. The van der Waals surface area contributed by atoms with Gasteiger partial charge in [-0.05, 0) is 54.0 Å². The third-order valence-electron chi connectivity index (χ3n) is 6.17. The van der Waals surface area contributed by atoms with Crippen LogP contribution in [0.4, 0.5) is 0 Å². The molecule has 5 nitrogen and oxygen atoms in total. The quantitative estimate of drug-likeness (QED) is 0.464. The molecule has 1 aliphatic carbocycles. The predicted octanol–water partition coefficient (Wildman–Crippen LogP) is 5.36. The van der Waals surface area contributed by atoms with Gasteiger partial charge >= 0.3 is 0 Å². The number of fused-ring (bicyclic) bond motifs is 2. The summed E-state index contributed by atoms with van der Waals surface area (Å²) >= 11 is 0. The van der Waals surface area contributed by atoms with Crippen molar-refractivity contribution in [1.82, 2.24) is 0 Å². The van der Waals surface area contributed by atoms with E-state index in [0.29, 0.717) is 40.7 Å². The number of aromatic hydroxyl groups is 1. The van der Waals surface area contributed by atoms with Gasteiger partial charge < -0.3 is 19.0 Å². The van der Waals surface area contributed by atoms with Gasteiger partial charge in [0, 0.05) is 12.1 Å². The molecule has 0 saturated carbocycles. The van der Waals surface area contributed by atoms with Gasteiger partial charge in [0.05, 0.1) is 19.3 Å². The third kappa shape index (κ3) is 3.82. The smallest absolute Gasteiger partial charge is 0.204 e. The lowest BCUT2D eigenvalue weighted by atomic mass is 9.84. The van der Waals surface area contributed by atoms with E-state index in [9.17, 15) is 9.90 Å². The van der Waals surface area contributed by atoms with E-state index in [4.69, 9.17) is 13.9 Å². The highest BCUT2D eigenvalue weighted by atomic mass is 16.5. The Balaban J connectivity index is 1.37. The van der Waals surface area contributed by atoms with Gasteiger partial charge in [0.2, 0.25) is 5.43 Å². The van der Waals surface area contributed by atoms with Crippen LogP contribution in [0.1, 0.15) is 17.5 Å². The number of methoxy groups -OCH3 is 1. The number of phenolic OH excluding ortho intramolecular Hbond substituents is 1. The fourth-order valence-corrected chi connectivity index (χ4v) is 4.39. The van der Waals surface area contributed by atoms with Crippen LogP contribution in [0.5, 0.6) is 17.2 Å². The molecule has 4 aromatic rings. The molecular formula is C27H24O5. The first-order valence-corrected chi connectivity index (χ1v) is 10.7. The van der Waals surface area contributed by atoms with Crippen LogP contribution in [0, 0.1) is 5.92 Å². The van der Waals surface area contributed by atoms with Crippen molar-refractivity contribution in [3.8, 4) is 28.4 Å². The van der Waals surface area contributed by atoms with Gasteiger partial charge in [0.25, 0.3) is 0 Å². The number of ether oxygens (including phenoxy) is 2. The summed E-state index contributed by atoms with van der Waals surface area (Å²) < 4.78 is 16.9. The Kier molecular flexibility index (Phi) is 5.31. The SMILES string of the molecule is COc1ccc(-c2coc3cc(OCC4CCc5ccccc5C4)cc(O)c3c2=O)cc1. The molecule has 1 N–H and O–H groups in total. The second kappa shape index (κ2) is 8.42. The first-order valence-electron chi connectivity index (χ1n) is 10.7. The molecule has 1 atom stereocenters. The fourth-order valence-electron chi connectivity index (χ4n) is 4.39. The molecule has 3 aromatic carbocycles. The Bertz CT molecular complexity index is 1320. The standard InChI is InChI=1S/C27H24O5/c1-30-21-10-8-19(9-11-21)23-16-32-25-14-22(13-24(28)26(25)27(23)29)31-15-17-6-7-18-4-2-3-5-20(18)12-17/h2-5,8-11,13-14,16-17,28H,6-7,12,15H2,1H3. The summed E-state index contributed by atoms with van der Waals surface area (Å²) in [6, 6.07) is 18.8. The minimum atomic E-state index is -0.288. The third-order valence-corrected chi connectivity index (χ3v) is 6.17. The Hall–Kier alpha value is -3.73. The van der Waals surface area contributed by atoms with Crippen molar-refractivity contribution in [1.29, 1.82) is 0 Å². The van der Waals surface area contributed by atoms with Gasteiger partial charge in [-0.1, -0.05) is 36.4 Å². The Labute approximate surface area is 185 Å². The molecule has 1 aliphatic rings. The molecule has 0 radical (unpaired) electrons. The highest BCUT2D eigenvalue weighted by Crippen LogP contribution is 2.32. The number of aryl methyl sites for hydroxylation is 1. The van der Waals surface area contributed by atoms with E-state index in [0.717, 1.165) is 19.3 Å². The van der Waals surface area contributed by atoms with Crippen LogP contribution in [0.25, 0.3) is 22.1 Å². The first kappa shape index (κ1) is 20.2. The molecule has 32 heavy (non-hydrogen) atoms. The van der Waals surface area contributed by atoms with Crippen molar-refractivity contribution >= 4 is 11.0 Å². The monoisotopic (exact) mass is 428 g/mol. The predicted molar refractivity (Wildman–Crippen MR) is 124 cm³/mol. The largest absolute Gasteiger partial charge is 0.507 e. The average molecular weight is 428 g/mol. The van der Waals surface area contributed by atoms with E-state index in [1.54, 1.807) is 37.4 Å². The van der Waals surface area contributed by atoms with Gasteiger partial charge in [0.1, 0.15) is 34.5 Å². The second-order valence-electron chi connectivity index (χ2n) is 8.21. The summed E-state index contributed by atoms with van der Waals surface area (Å²) in [5.74, 6) is 1.46.